The van der Waals surface area contributed by atoms with Crippen LogP contribution in [0.25, 0.3) is 0 Å². The van der Waals surface area contributed by atoms with Crippen molar-refractivity contribution < 1.29 is 14.0 Å². The highest BCUT2D eigenvalue weighted by Crippen LogP contribution is 2.19. The second-order valence-electron chi connectivity index (χ2n) is 8.81. The molecule has 2 aromatic rings. The molecule has 1 N–H and O–H groups in total. The van der Waals surface area contributed by atoms with Gasteiger partial charge in [0, 0.05) is 18.2 Å². The van der Waals surface area contributed by atoms with E-state index in [1.807, 2.05) is 26.0 Å². The minimum Gasteiger partial charge on any atom is -0.352 e. The molecule has 0 spiro atoms. The molecule has 0 unspecified atom stereocenters. The van der Waals surface area contributed by atoms with Crippen LogP contribution in [0.3, 0.4) is 0 Å². The number of nitrogens with zero attached hydrogens (tertiary/aromatic N) is 1. The first-order valence-electron chi connectivity index (χ1n) is 11.2. The summed E-state index contributed by atoms with van der Waals surface area (Å²) in [5, 5.41) is 3.11. The van der Waals surface area contributed by atoms with Crippen LogP contribution in [0.4, 0.5) is 4.39 Å². The van der Waals surface area contributed by atoms with E-state index in [1.165, 1.54) is 17.4 Å². The maximum atomic E-state index is 14.3. The Labute approximate surface area is 184 Å². The number of hydrogen-bond acceptors (Lipinski definition) is 2. The molecule has 2 amide bonds. The summed E-state index contributed by atoms with van der Waals surface area (Å²) in [7, 11) is 0. The molecular weight excluding hydrogens is 391 g/mol. The van der Waals surface area contributed by atoms with E-state index in [0.29, 0.717) is 5.56 Å². The van der Waals surface area contributed by atoms with Gasteiger partial charge in [0.05, 0.1) is 6.42 Å². The van der Waals surface area contributed by atoms with Crippen molar-refractivity contribution in [1.29, 1.82) is 0 Å². The molecule has 0 bridgehead atoms. The lowest BCUT2D eigenvalue weighted by atomic mass is 9.95. The van der Waals surface area contributed by atoms with Gasteiger partial charge in [0.1, 0.15) is 11.9 Å². The first kappa shape index (κ1) is 23.0. The second kappa shape index (κ2) is 10.6. The molecule has 0 radical (unpaired) electrons. The van der Waals surface area contributed by atoms with E-state index in [1.54, 1.807) is 25.1 Å². The number of benzene rings is 2. The maximum Gasteiger partial charge on any atom is 0.242 e. The van der Waals surface area contributed by atoms with Gasteiger partial charge in [0.2, 0.25) is 11.8 Å². The van der Waals surface area contributed by atoms with Gasteiger partial charge in [-0.15, -0.1) is 0 Å². The number of hydrogen-bond donors (Lipinski definition) is 1. The van der Waals surface area contributed by atoms with Crippen LogP contribution >= 0.6 is 0 Å². The molecule has 31 heavy (non-hydrogen) atoms. The van der Waals surface area contributed by atoms with Crippen molar-refractivity contribution in [2.75, 3.05) is 0 Å². The molecule has 1 aliphatic rings. The molecule has 3 rings (SSSR count). The standard InChI is InChI=1S/C26H33FN2O2/c1-18-13-19(2)15-21(14-18)16-25(30)29(17-22-9-7-8-12-24(22)27)20(3)26(31)28-23-10-5-4-6-11-23/h7-9,12-15,20,23H,4-6,10-11,16-17H2,1-3H3,(H,28,31)/t20-/m1/s1. The van der Waals surface area contributed by atoms with Gasteiger partial charge in [-0.1, -0.05) is 66.8 Å². The quantitative estimate of drug-likeness (QED) is 0.691. The summed E-state index contributed by atoms with van der Waals surface area (Å²) in [6.07, 6.45) is 5.56. The molecule has 0 aliphatic heterocycles. The molecule has 0 heterocycles. The first-order chi connectivity index (χ1) is 14.8. The monoisotopic (exact) mass is 424 g/mol. The largest absolute Gasteiger partial charge is 0.352 e. The Kier molecular flexibility index (Phi) is 7.83. The summed E-state index contributed by atoms with van der Waals surface area (Å²) in [4.78, 5) is 27.8. The Hall–Kier alpha value is -2.69. The lowest BCUT2D eigenvalue weighted by Crippen LogP contribution is -2.50. The van der Waals surface area contributed by atoms with Crippen molar-refractivity contribution in [3.63, 3.8) is 0 Å². The number of carbonyl (C=O) groups excluding carboxylic acids is 2. The molecule has 1 saturated carbocycles. The van der Waals surface area contributed by atoms with Crippen molar-refractivity contribution in [3.8, 4) is 0 Å². The zero-order valence-corrected chi connectivity index (χ0v) is 18.8. The number of amides is 2. The molecule has 0 saturated heterocycles. The highest BCUT2D eigenvalue weighted by Gasteiger charge is 2.28. The number of carbonyl (C=O) groups is 2. The van der Waals surface area contributed by atoms with E-state index in [9.17, 15) is 14.0 Å². The van der Waals surface area contributed by atoms with Gasteiger partial charge in [0.15, 0.2) is 0 Å². The van der Waals surface area contributed by atoms with E-state index >= 15 is 0 Å². The number of nitrogens with one attached hydrogen (secondary N) is 1. The zero-order chi connectivity index (χ0) is 22.4. The molecule has 1 aliphatic carbocycles. The second-order valence-corrected chi connectivity index (χ2v) is 8.81. The van der Waals surface area contributed by atoms with Crippen LogP contribution in [0.2, 0.25) is 0 Å². The molecular formula is C26H33FN2O2. The van der Waals surface area contributed by atoms with Gasteiger partial charge in [-0.25, -0.2) is 4.39 Å². The molecule has 5 heteroatoms. The van der Waals surface area contributed by atoms with Crippen LogP contribution in [-0.2, 0) is 22.6 Å². The zero-order valence-electron chi connectivity index (χ0n) is 18.8. The van der Waals surface area contributed by atoms with Gasteiger partial charge in [-0.3, -0.25) is 9.59 Å². The fraction of sp³-hybridized carbons (Fsp3) is 0.462. The van der Waals surface area contributed by atoms with E-state index in [4.69, 9.17) is 0 Å². The van der Waals surface area contributed by atoms with Crippen LogP contribution in [0.5, 0.6) is 0 Å². The Bertz CT molecular complexity index is 901. The van der Waals surface area contributed by atoms with Crippen molar-refractivity contribution in [3.05, 3.63) is 70.5 Å². The topological polar surface area (TPSA) is 49.4 Å². The molecule has 1 atom stereocenters. The highest BCUT2D eigenvalue weighted by atomic mass is 19.1. The molecule has 4 nitrogen and oxygen atoms in total. The third-order valence-electron chi connectivity index (χ3n) is 6.05. The molecule has 166 valence electrons. The number of aryl methyl sites for hydroxylation is 2. The maximum absolute atomic E-state index is 14.3. The van der Waals surface area contributed by atoms with Crippen LogP contribution in [0, 0.1) is 19.7 Å². The summed E-state index contributed by atoms with van der Waals surface area (Å²) in [6.45, 7) is 5.80. The normalized spacial score (nSPS) is 15.4. The Morgan fingerprint density at radius 2 is 1.71 bits per heavy atom. The van der Waals surface area contributed by atoms with E-state index in [2.05, 4.69) is 11.4 Å². The summed E-state index contributed by atoms with van der Waals surface area (Å²) in [6, 6.07) is 11.9. The fourth-order valence-corrected chi connectivity index (χ4v) is 4.41. The van der Waals surface area contributed by atoms with Crippen molar-refractivity contribution in [2.24, 2.45) is 0 Å². The summed E-state index contributed by atoms with van der Waals surface area (Å²) in [5.41, 5.74) is 3.49. The van der Waals surface area contributed by atoms with Crippen molar-refractivity contribution in [2.45, 2.75) is 77.9 Å². The van der Waals surface area contributed by atoms with Crippen molar-refractivity contribution >= 4 is 11.8 Å². The summed E-state index contributed by atoms with van der Waals surface area (Å²) >= 11 is 0. The minimum atomic E-state index is -0.681. The lowest BCUT2D eigenvalue weighted by Gasteiger charge is -2.31. The molecule has 2 aromatic carbocycles. The number of halogens is 1. The van der Waals surface area contributed by atoms with Crippen molar-refractivity contribution in [1.82, 2.24) is 10.2 Å². The highest BCUT2D eigenvalue weighted by molar-refractivity contribution is 5.88. The van der Waals surface area contributed by atoms with Crippen LogP contribution < -0.4 is 5.32 Å². The minimum absolute atomic E-state index is 0.0650. The average molecular weight is 425 g/mol. The van der Waals surface area contributed by atoms with Gasteiger partial charge >= 0.3 is 0 Å². The SMILES string of the molecule is Cc1cc(C)cc(CC(=O)N(Cc2ccccc2F)[C@H](C)C(=O)NC2CCCCC2)c1. The smallest absolute Gasteiger partial charge is 0.242 e. The van der Waals surface area contributed by atoms with Crippen LogP contribution in [0.1, 0.15) is 61.3 Å². The van der Waals surface area contributed by atoms with E-state index < -0.39 is 6.04 Å². The van der Waals surface area contributed by atoms with Gasteiger partial charge < -0.3 is 10.2 Å². The predicted octanol–water partition coefficient (Wildman–Crippen LogP) is 4.85. The van der Waals surface area contributed by atoms with Crippen LogP contribution in [0.15, 0.2) is 42.5 Å². The summed E-state index contributed by atoms with van der Waals surface area (Å²) < 4.78 is 14.3. The van der Waals surface area contributed by atoms with E-state index in [0.717, 1.165) is 42.4 Å². The predicted molar refractivity (Wildman–Crippen MR) is 121 cm³/mol. The molecule has 1 fully saturated rings. The van der Waals surface area contributed by atoms with Gasteiger partial charge in [0.25, 0.3) is 0 Å². The Morgan fingerprint density at radius 1 is 1.06 bits per heavy atom. The first-order valence-corrected chi connectivity index (χ1v) is 11.2. The number of rotatable bonds is 7. The molecule has 0 aromatic heterocycles. The fourth-order valence-electron chi connectivity index (χ4n) is 4.41. The van der Waals surface area contributed by atoms with E-state index in [-0.39, 0.29) is 36.6 Å². The third-order valence-corrected chi connectivity index (χ3v) is 6.05. The summed E-state index contributed by atoms with van der Waals surface area (Å²) in [5.74, 6) is -0.719. The third kappa shape index (κ3) is 6.39. The van der Waals surface area contributed by atoms with Gasteiger partial charge in [-0.05, 0) is 45.2 Å². The van der Waals surface area contributed by atoms with Gasteiger partial charge in [-0.2, -0.15) is 0 Å². The Balaban J connectivity index is 1.79. The average Bonchev–Trinajstić information content (AvgIpc) is 2.72. The van der Waals surface area contributed by atoms with Crippen LogP contribution in [-0.4, -0.2) is 28.8 Å². The Morgan fingerprint density at radius 3 is 2.35 bits per heavy atom. The lowest BCUT2D eigenvalue weighted by molar-refractivity contribution is -0.140.